The van der Waals surface area contributed by atoms with Crippen LogP contribution in [-0.4, -0.2) is 24.6 Å². The van der Waals surface area contributed by atoms with Crippen LogP contribution in [0.25, 0.3) is 0 Å². The first-order chi connectivity index (χ1) is 8.30. The minimum Gasteiger partial charge on any atom is -0.469 e. The number of hydrogen-bond acceptors (Lipinski definition) is 3. The number of benzene rings is 1. The van der Waals surface area contributed by atoms with Crippen molar-refractivity contribution in [3.8, 4) is 0 Å². The molecule has 0 bridgehead atoms. The van der Waals surface area contributed by atoms with Crippen molar-refractivity contribution in [2.24, 2.45) is 5.92 Å². The van der Waals surface area contributed by atoms with Gasteiger partial charge in [0.1, 0.15) is 11.5 Å². The fraction of sp³-hybridized carbons (Fsp3) is 0.417. The van der Waals surface area contributed by atoms with Gasteiger partial charge in [-0.05, 0) is 24.6 Å². The van der Waals surface area contributed by atoms with E-state index >= 15 is 0 Å². The average Bonchev–Trinajstić information content (AvgIpc) is 2.28. The number of hydrogen-bond donors (Lipinski definition) is 1. The molecule has 0 heterocycles. The van der Waals surface area contributed by atoms with Crippen LogP contribution >= 0.6 is 15.9 Å². The van der Waals surface area contributed by atoms with E-state index < -0.39 is 23.9 Å². The largest absolute Gasteiger partial charge is 0.469 e. The fourth-order valence-corrected chi connectivity index (χ4v) is 1.94. The quantitative estimate of drug-likeness (QED) is 0.867. The Balaban J connectivity index is 3.16. The van der Waals surface area contributed by atoms with Crippen molar-refractivity contribution in [1.29, 1.82) is 0 Å². The Hall–Kier alpha value is -1.01. The van der Waals surface area contributed by atoms with Crippen LogP contribution in [0.2, 0.25) is 0 Å². The second kappa shape index (κ2) is 5.75. The van der Waals surface area contributed by atoms with E-state index in [1.807, 2.05) is 0 Å². The highest BCUT2D eigenvalue weighted by atomic mass is 79.9. The van der Waals surface area contributed by atoms with E-state index in [1.165, 1.54) is 19.1 Å². The Morgan fingerprint density at radius 2 is 1.89 bits per heavy atom. The van der Waals surface area contributed by atoms with Gasteiger partial charge in [-0.3, -0.25) is 4.79 Å². The van der Waals surface area contributed by atoms with Crippen molar-refractivity contribution >= 4 is 21.9 Å². The topological polar surface area (TPSA) is 46.5 Å². The third-order valence-corrected chi connectivity index (χ3v) is 3.27. The lowest BCUT2D eigenvalue weighted by Crippen LogP contribution is -2.42. The number of halogens is 3. The van der Waals surface area contributed by atoms with E-state index in [-0.39, 0.29) is 5.56 Å². The lowest BCUT2D eigenvalue weighted by atomic mass is 9.83. The molecule has 0 aliphatic rings. The van der Waals surface area contributed by atoms with E-state index in [0.29, 0.717) is 0 Å². The van der Waals surface area contributed by atoms with Crippen LogP contribution in [-0.2, 0) is 15.1 Å². The van der Waals surface area contributed by atoms with Crippen molar-refractivity contribution in [2.45, 2.75) is 19.0 Å². The number of carbonyl (C=O) groups is 1. The zero-order chi connectivity index (χ0) is 13.9. The van der Waals surface area contributed by atoms with Crippen LogP contribution in [0.5, 0.6) is 0 Å². The summed E-state index contributed by atoms with van der Waals surface area (Å²) >= 11 is 3.20. The highest BCUT2D eigenvalue weighted by Gasteiger charge is 2.46. The molecule has 0 fully saturated rings. The molecule has 0 radical (unpaired) electrons. The molecule has 18 heavy (non-hydrogen) atoms. The molecule has 0 amide bonds. The Morgan fingerprint density at radius 1 is 1.39 bits per heavy atom. The zero-order valence-corrected chi connectivity index (χ0v) is 11.4. The number of esters is 1. The standard InChI is InChI=1S/C12H13BrF2O3/c1-12(17,7-3-5-8(13)6-4-7)9(10(14)15)11(16)18-2/h3-6,9-10,17H,1-2H3. The van der Waals surface area contributed by atoms with Crippen LogP contribution in [0.4, 0.5) is 8.78 Å². The van der Waals surface area contributed by atoms with E-state index in [0.717, 1.165) is 11.6 Å². The van der Waals surface area contributed by atoms with E-state index in [9.17, 15) is 18.7 Å². The summed E-state index contributed by atoms with van der Waals surface area (Å²) in [7, 11) is 1.01. The predicted molar refractivity (Wildman–Crippen MR) is 65.2 cm³/mol. The number of carbonyl (C=O) groups excluding carboxylic acids is 1. The first kappa shape index (κ1) is 15.0. The first-order valence-corrected chi connectivity index (χ1v) is 5.94. The highest BCUT2D eigenvalue weighted by molar-refractivity contribution is 9.10. The van der Waals surface area contributed by atoms with E-state index in [4.69, 9.17) is 0 Å². The van der Waals surface area contributed by atoms with Crippen molar-refractivity contribution in [1.82, 2.24) is 0 Å². The fourth-order valence-electron chi connectivity index (χ4n) is 1.67. The van der Waals surface area contributed by atoms with Crippen LogP contribution in [0.15, 0.2) is 28.7 Å². The minimum atomic E-state index is -3.02. The molecular formula is C12H13BrF2O3. The molecular weight excluding hydrogens is 310 g/mol. The molecule has 1 N–H and O–H groups in total. The maximum atomic E-state index is 12.9. The van der Waals surface area contributed by atoms with E-state index in [2.05, 4.69) is 20.7 Å². The van der Waals surface area contributed by atoms with Gasteiger partial charge in [0.15, 0.2) is 0 Å². The van der Waals surface area contributed by atoms with Crippen molar-refractivity contribution in [2.75, 3.05) is 7.11 Å². The molecule has 0 aliphatic carbocycles. The molecule has 2 unspecified atom stereocenters. The monoisotopic (exact) mass is 322 g/mol. The summed E-state index contributed by atoms with van der Waals surface area (Å²) in [5.74, 6) is -3.07. The lowest BCUT2D eigenvalue weighted by molar-refractivity contribution is -0.167. The summed E-state index contributed by atoms with van der Waals surface area (Å²) < 4.78 is 30.9. The SMILES string of the molecule is COC(=O)C(C(F)F)C(C)(O)c1ccc(Br)cc1. The lowest BCUT2D eigenvalue weighted by Gasteiger charge is -2.30. The molecule has 2 atom stereocenters. The Labute approximate surface area is 112 Å². The average molecular weight is 323 g/mol. The van der Waals surface area contributed by atoms with Gasteiger partial charge in [0, 0.05) is 4.47 Å². The molecule has 3 nitrogen and oxygen atoms in total. The summed E-state index contributed by atoms with van der Waals surface area (Å²) in [4.78, 5) is 11.4. The molecule has 0 spiro atoms. The van der Waals surface area contributed by atoms with Gasteiger partial charge in [0.2, 0.25) is 0 Å². The predicted octanol–water partition coefficient (Wildman–Crippen LogP) is 2.71. The Morgan fingerprint density at radius 3 is 2.28 bits per heavy atom. The van der Waals surface area contributed by atoms with E-state index in [1.54, 1.807) is 12.1 Å². The Kier molecular flexibility index (Phi) is 4.81. The number of alkyl halides is 2. The van der Waals surface area contributed by atoms with Gasteiger partial charge < -0.3 is 9.84 Å². The first-order valence-electron chi connectivity index (χ1n) is 5.15. The van der Waals surface area contributed by atoms with Crippen LogP contribution in [0.3, 0.4) is 0 Å². The Bertz CT molecular complexity index is 418. The third-order valence-electron chi connectivity index (χ3n) is 2.74. The number of aliphatic hydroxyl groups is 1. The molecule has 1 aromatic carbocycles. The van der Waals surface area contributed by atoms with Crippen LogP contribution < -0.4 is 0 Å². The van der Waals surface area contributed by atoms with Gasteiger partial charge in [-0.2, -0.15) is 0 Å². The molecule has 0 saturated heterocycles. The summed E-state index contributed by atoms with van der Waals surface area (Å²) in [5, 5.41) is 10.2. The molecule has 0 aliphatic heterocycles. The summed E-state index contributed by atoms with van der Waals surface area (Å²) in [6.45, 7) is 1.17. The molecule has 100 valence electrons. The van der Waals surface area contributed by atoms with Gasteiger partial charge in [-0.25, -0.2) is 8.78 Å². The molecule has 1 rings (SSSR count). The van der Waals surface area contributed by atoms with Gasteiger partial charge in [0.05, 0.1) is 7.11 Å². The van der Waals surface area contributed by atoms with Gasteiger partial charge in [0.25, 0.3) is 6.43 Å². The second-order valence-electron chi connectivity index (χ2n) is 3.99. The molecule has 6 heteroatoms. The maximum absolute atomic E-state index is 12.9. The second-order valence-corrected chi connectivity index (χ2v) is 4.91. The van der Waals surface area contributed by atoms with Gasteiger partial charge >= 0.3 is 5.97 Å². The number of rotatable bonds is 4. The van der Waals surface area contributed by atoms with Crippen molar-refractivity contribution in [3.63, 3.8) is 0 Å². The van der Waals surface area contributed by atoms with Crippen molar-refractivity contribution < 1.29 is 23.4 Å². The van der Waals surface area contributed by atoms with Crippen LogP contribution in [0, 0.1) is 5.92 Å². The molecule has 0 aromatic heterocycles. The molecule has 0 saturated carbocycles. The normalized spacial score (nSPS) is 16.2. The highest BCUT2D eigenvalue weighted by Crippen LogP contribution is 2.34. The minimum absolute atomic E-state index is 0.224. The molecule has 1 aromatic rings. The smallest absolute Gasteiger partial charge is 0.317 e. The number of methoxy groups -OCH3 is 1. The number of ether oxygens (including phenoxy) is 1. The summed E-state index contributed by atoms with van der Waals surface area (Å²) in [5.41, 5.74) is -1.77. The zero-order valence-electron chi connectivity index (χ0n) is 9.86. The van der Waals surface area contributed by atoms with Gasteiger partial charge in [-0.15, -0.1) is 0 Å². The maximum Gasteiger partial charge on any atom is 0.317 e. The third kappa shape index (κ3) is 3.05. The van der Waals surface area contributed by atoms with Crippen LogP contribution in [0.1, 0.15) is 12.5 Å². The summed E-state index contributed by atoms with van der Waals surface area (Å²) in [6, 6.07) is 6.15. The van der Waals surface area contributed by atoms with Crippen molar-refractivity contribution in [3.05, 3.63) is 34.3 Å². The summed E-state index contributed by atoms with van der Waals surface area (Å²) in [6.07, 6.45) is -3.02. The van der Waals surface area contributed by atoms with Gasteiger partial charge in [-0.1, -0.05) is 28.1 Å².